The van der Waals surface area contributed by atoms with Crippen LogP contribution in [-0.4, -0.2) is 66.0 Å². The molecule has 0 aliphatic carbocycles. The number of hydrogen-bond acceptors (Lipinski definition) is 1. The quantitative estimate of drug-likeness (QED) is 0.460. The second kappa shape index (κ2) is 7.20. The van der Waals surface area contributed by atoms with Gasteiger partial charge in [-0.2, -0.15) is 11.2 Å². The molecular weight excluding hydrogens is 135 g/mol. The van der Waals surface area contributed by atoms with E-state index in [1.165, 1.54) is 9.39 Å². The molecule has 0 aliphatic heterocycles. The first-order valence-corrected chi connectivity index (χ1v) is 5.54. The molecule has 0 radical (unpaired) electrons. The number of hydrogen-bond donors (Lipinski definition) is 0. The van der Waals surface area contributed by atoms with Crippen LogP contribution in [0.4, 0.5) is 0 Å². The zero-order valence-electron chi connectivity index (χ0n) is 3.99. The Morgan fingerprint density at radius 1 is 1.50 bits per heavy atom. The van der Waals surface area contributed by atoms with Crippen LogP contribution in [0, 0.1) is 0 Å². The molecule has 0 fully saturated rings. The Hall–Kier alpha value is 2.20. The molecule has 0 atom stereocenters. The summed E-state index contributed by atoms with van der Waals surface area (Å²) in [4.78, 5) is 0. The standard InChI is InChI=1S/C3H10SSi.K.H/c1-3(2)4-5;;/h3H,1-2,5H3;;. The zero-order chi connectivity index (χ0) is 4.28. The van der Waals surface area contributed by atoms with Crippen molar-refractivity contribution in [3.8, 4) is 0 Å². The summed E-state index contributed by atoms with van der Waals surface area (Å²) in [6, 6.07) is 0. The second-order valence-electron chi connectivity index (χ2n) is 1.28. The van der Waals surface area contributed by atoms with Gasteiger partial charge in [-0.05, 0) is 5.25 Å². The Balaban J connectivity index is 0. The first-order chi connectivity index (χ1) is 2.27. The van der Waals surface area contributed by atoms with Crippen LogP contribution in [-0.2, 0) is 0 Å². The van der Waals surface area contributed by atoms with Crippen molar-refractivity contribution in [1.29, 1.82) is 0 Å². The summed E-state index contributed by atoms with van der Waals surface area (Å²) >= 11 is 2.02. The van der Waals surface area contributed by atoms with Gasteiger partial charge in [0.05, 0.1) is 9.39 Å². The van der Waals surface area contributed by atoms with E-state index in [1.54, 1.807) is 0 Å². The van der Waals surface area contributed by atoms with E-state index in [1.807, 2.05) is 11.2 Å². The maximum absolute atomic E-state index is 2.22. The first-order valence-electron chi connectivity index (χ1n) is 1.80. The minimum absolute atomic E-state index is 0. The van der Waals surface area contributed by atoms with Crippen LogP contribution in [0.2, 0.25) is 0 Å². The monoisotopic (exact) mass is 146 g/mol. The first kappa shape index (κ1) is 11.1. The Labute approximate surface area is 89.3 Å². The van der Waals surface area contributed by atoms with Gasteiger partial charge >= 0.3 is 51.4 Å². The molecule has 0 heterocycles. The van der Waals surface area contributed by atoms with Crippen LogP contribution in [0.5, 0.6) is 0 Å². The summed E-state index contributed by atoms with van der Waals surface area (Å²) < 4.78 is 0. The van der Waals surface area contributed by atoms with E-state index in [4.69, 9.17) is 0 Å². The van der Waals surface area contributed by atoms with E-state index in [9.17, 15) is 0 Å². The molecular formula is C3H11KSSi. The summed E-state index contributed by atoms with van der Waals surface area (Å²) in [5.74, 6) is 0. The molecule has 0 N–H and O–H groups in total. The van der Waals surface area contributed by atoms with Crippen LogP contribution in [0.25, 0.3) is 0 Å². The van der Waals surface area contributed by atoms with Crippen LogP contribution in [0.3, 0.4) is 0 Å². The van der Waals surface area contributed by atoms with Gasteiger partial charge in [-0.3, -0.25) is 0 Å². The van der Waals surface area contributed by atoms with Crippen molar-refractivity contribution in [2.24, 2.45) is 0 Å². The van der Waals surface area contributed by atoms with E-state index in [-0.39, 0.29) is 51.4 Å². The third-order valence-corrected chi connectivity index (χ3v) is 4.24. The van der Waals surface area contributed by atoms with E-state index in [2.05, 4.69) is 13.8 Å². The second-order valence-corrected chi connectivity index (χ2v) is 4.11. The third-order valence-electron chi connectivity index (χ3n) is 0.471. The summed E-state index contributed by atoms with van der Waals surface area (Å²) in [6.07, 6.45) is 0. The maximum atomic E-state index is 2.22. The van der Waals surface area contributed by atoms with Gasteiger partial charge in [0.1, 0.15) is 0 Å². The van der Waals surface area contributed by atoms with Crippen LogP contribution in [0.15, 0.2) is 0 Å². The van der Waals surface area contributed by atoms with Crippen LogP contribution in [0.1, 0.15) is 13.8 Å². The van der Waals surface area contributed by atoms with Gasteiger partial charge in [-0.15, -0.1) is 0 Å². The molecule has 34 valence electrons. The molecule has 0 aromatic carbocycles. The molecule has 0 unspecified atom stereocenters. The minimum atomic E-state index is 0. The van der Waals surface area contributed by atoms with Crippen molar-refractivity contribution < 1.29 is 0 Å². The van der Waals surface area contributed by atoms with Gasteiger partial charge in [0.25, 0.3) is 0 Å². The fraction of sp³-hybridized carbons (Fsp3) is 1.00. The van der Waals surface area contributed by atoms with Gasteiger partial charge in [-0.1, -0.05) is 13.8 Å². The van der Waals surface area contributed by atoms with E-state index < -0.39 is 0 Å². The van der Waals surface area contributed by atoms with Gasteiger partial charge in [-0.25, -0.2) is 0 Å². The Morgan fingerprint density at radius 3 is 1.67 bits per heavy atom. The Kier molecular flexibility index (Phi) is 13.3. The molecule has 0 saturated heterocycles. The molecule has 0 rings (SSSR count). The van der Waals surface area contributed by atoms with E-state index in [0.29, 0.717) is 0 Å². The van der Waals surface area contributed by atoms with Gasteiger partial charge in [0.15, 0.2) is 0 Å². The summed E-state index contributed by atoms with van der Waals surface area (Å²) in [6.45, 7) is 4.44. The average molecular weight is 146 g/mol. The Morgan fingerprint density at radius 2 is 1.67 bits per heavy atom. The summed E-state index contributed by atoms with van der Waals surface area (Å²) in [5, 5.41) is 0.863. The molecule has 0 aromatic heterocycles. The van der Waals surface area contributed by atoms with Gasteiger partial charge < -0.3 is 0 Å². The molecule has 6 heavy (non-hydrogen) atoms. The fourth-order valence-electron chi connectivity index (χ4n) is 0. The molecule has 0 saturated carbocycles. The summed E-state index contributed by atoms with van der Waals surface area (Å²) in [7, 11) is 1.29. The van der Waals surface area contributed by atoms with Crippen molar-refractivity contribution in [2.75, 3.05) is 0 Å². The fourth-order valence-corrected chi connectivity index (χ4v) is 0. The zero-order valence-corrected chi connectivity index (χ0v) is 6.80. The molecule has 3 heteroatoms. The normalized spacial score (nSPS) is 8.50. The Bertz CT molecular complexity index is 24.8. The van der Waals surface area contributed by atoms with Crippen LogP contribution >= 0.6 is 11.2 Å². The van der Waals surface area contributed by atoms with E-state index >= 15 is 0 Å². The van der Waals surface area contributed by atoms with Crippen molar-refractivity contribution in [3.05, 3.63) is 0 Å². The molecule has 0 spiro atoms. The number of rotatable bonds is 1. The molecule has 0 aliphatic rings. The van der Waals surface area contributed by atoms with Crippen molar-refractivity contribution >= 4 is 72.0 Å². The van der Waals surface area contributed by atoms with Crippen molar-refractivity contribution in [3.63, 3.8) is 0 Å². The topological polar surface area (TPSA) is 0 Å². The van der Waals surface area contributed by atoms with Crippen molar-refractivity contribution in [1.82, 2.24) is 0 Å². The molecule has 0 amide bonds. The molecule has 0 nitrogen and oxygen atoms in total. The third kappa shape index (κ3) is 9.51. The van der Waals surface area contributed by atoms with Crippen LogP contribution < -0.4 is 0 Å². The average Bonchev–Trinajstić information content (AvgIpc) is 1.38. The SMILES string of the molecule is CC(C)S[SiH3].[KH]. The predicted octanol–water partition coefficient (Wildman–Crippen LogP) is -0.240. The van der Waals surface area contributed by atoms with E-state index in [0.717, 1.165) is 5.25 Å². The molecule has 0 aromatic rings. The summed E-state index contributed by atoms with van der Waals surface area (Å²) in [5.41, 5.74) is 0. The van der Waals surface area contributed by atoms with Gasteiger partial charge in [0, 0.05) is 0 Å². The van der Waals surface area contributed by atoms with Gasteiger partial charge in [0.2, 0.25) is 0 Å². The molecule has 0 bridgehead atoms. The predicted molar refractivity (Wildman–Crippen MR) is 39.8 cm³/mol. The van der Waals surface area contributed by atoms with Crippen molar-refractivity contribution in [2.45, 2.75) is 19.1 Å².